The van der Waals surface area contributed by atoms with E-state index in [1.807, 2.05) is 44.2 Å². The number of aromatic nitrogens is 1. The predicted octanol–water partition coefficient (Wildman–Crippen LogP) is 3.89. The molecule has 0 unspecified atom stereocenters. The summed E-state index contributed by atoms with van der Waals surface area (Å²) in [6.45, 7) is 3.79. The van der Waals surface area contributed by atoms with E-state index in [0.29, 0.717) is 30.0 Å². The molecule has 0 bridgehead atoms. The molecule has 0 spiro atoms. The van der Waals surface area contributed by atoms with Gasteiger partial charge >= 0.3 is 5.97 Å². The Labute approximate surface area is 197 Å². The van der Waals surface area contributed by atoms with Crippen molar-refractivity contribution in [2.75, 3.05) is 23.4 Å². The number of carbonyl (C=O) groups is 3. The fourth-order valence-electron chi connectivity index (χ4n) is 4.07. The summed E-state index contributed by atoms with van der Waals surface area (Å²) in [4.78, 5) is 38.9. The number of nitrogens with zero attached hydrogens (tertiary/aromatic N) is 3. The van der Waals surface area contributed by atoms with Crippen molar-refractivity contribution in [3.63, 3.8) is 0 Å². The number of ether oxygens (including phenoxy) is 1. The van der Waals surface area contributed by atoms with Crippen LogP contribution in [0.4, 0.5) is 11.5 Å². The van der Waals surface area contributed by atoms with Crippen LogP contribution in [0.2, 0.25) is 0 Å². The molecule has 0 radical (unpaired) electrons. The summed E-state index contributed by atoms with van der Waals surface area (Å²) in [5.41, 5.74) is 3.61. The van der Waals surface area contributed by atoms with E-state index in [0.717, 1.165) is 23.4 Å². The number of para-hydroxylation sites is 1. The van der Waals surface area contributed by atoms with Gasteiger partial charge in [-0.1, -0.05) is 24.3 Å². The zero-order chi connectivity index (χ0) is 24.2. The number of hydrogen-bond acceptors (Lipinski definition) is 5. The molecular weight excluding hydrogens is 432 g/mol. The molecule has 4 rings (SSSR count). The van der Waals surface area contributed by atoms with Gasteiger partial charge in [-0.05, 0) is 56.2 Å². The third-order valence-electron chi connectivity index (χ3n) is 5.90. The molecule has 2 aromatic carbocycles. The molecule has 3 aromatic rings. The van der Waals surface area contributed by atoms with Gasteiger partial charge in [0.05, 0.1) is 11.1 Å². The zero-order valence-corrected chi connectivity index (χ0v) is 19.0. The van der Waals surface area contributed by atoms with Gasteiger partial charge in [-0.3, -0.25) is 14.2 Å². The van der Waals surface area contributed by atoms with Gasteiger partial charge in [0.25, 0.3) is 5.91 Å². The first-order chi connectivity index (χ1) is 16.4. The Bertz CT molecular complexity index is 1300. The number of anilines is 2. The van der Waals surface area contributed by atoms with E-state index in [-0.39, 0.29) is 11.5 Å². The fraction of sp³-hybridized carbons (Fsp3) is 0.231. The van der Waals surface area contributed by atoms with Gasteiger partial charge in [-0.15, -0.1) is 0 Å². The minimum Gasteiger partial charge on any atom is -0.452 e. The van der Waals surface area contributed by atoms with Gasteiger partial charge in [0.1, 0.15) is 11.9 Å². The smallest absolute Gasteiger partial charge is 0.338 e. The summed E-state index contributed by atoms with van der Waals surface area (Å²) < 4.78 is 7.01. The highest BCUT2D eigenvalue weighted by Crippen LogP contribution is 2.30. The molecule has 8 heteroatoms. The topological polar surface area (TPSA) is 104 Å². The molecule has 34 heavy (non-hydrogen) atoms. The number of amides is 2. The van der Waals surface area contributed by atoms with Crippen LogP contribution in [-0.4, -0.2) is 35.5 Å². The van der Waals surface area contributed by atoms with Crippen LogP contribution in [0.1, 0.15) is 40.0 Å². The molecule has 0 saturated carbocycles. The highest BCUT2D eigenvalue weighted by Gasteiger charge is 2.23. The highest BCUT2D eigenvalue weighted by atomic mass is 16.5. The monoisotopic (exact) mass is 456 g/mol. The minimum absolute atomic E-state index is 0.0187. The Kier molecular flexibility index (Phi) is 6.46. The van der Waals surface area contributed by atoms with Gasteiger partial charge in [0.2, 0.25) is 5.91 Å². The summed E-state index contributed by atoms with van der Waals surface area (Å²) in [5.74, 6) is -0.884. The average molecular weight is 457 g/mol. The number of nitriles is 1. The summed E-state index contributed by atoms with van der Waals surface area (Å²) in [6, 6.07) is 18.1. The summed E-state index contributed by atoms with van der Waals surface area (Å²) >= 11 is 0. The summed E-state index contributed by atoms with van der Waals surface area (Å²) in [7, 11) is 0. The zero-order valence-electron chi connectivity index (χ0n) is 19.0. The number of hydrogen-bond donors (Lipinski definition) is 1. The maximum Gasteiger partial charge on any atom is 0.338 e. The van der Waals surface area contributed by atoms with E-state index in [1.54, 1.807) is 33.7 Å². The molecule has 0 aliphatic carbocycles. The first kappa shape index (κ1) is 22.8. The molecular formula is C26H24N4O4. The lowest BCUT2D eigenvalue weighted by molar-refractivity contribution is -0.119. The molecule has 0 atom stereocenters. The number of carbonyl (C=O) groups excluding carboxylic acids is 3. The van der Waals surface area contributed by atoms with E-state index >= 15 is 0 Å². The van der Waals surface area contributed by atoms with Crippen LogP contribution in [0.25, 0.3) is 5.69 Å². The van der Waals surface area contributed by atoms with Gasteiger partial charge in [-0.2, -0.15) is 5.26 Å². The molecule has 1 N–H and O–H groups in total. The molecule has 172 valence electrons. The van der Waals surface area contributed by atoms with Crippen molar-refractivity contribution >= 4 is 29.3 Å². The van der Waals surface area contributed by atoms with Crippen LogP contribution < -0.4 is 10.2 Å². The van der Waals surface area contributed by atoms with E-state index in [9.17, 15) is 19.6 Å². The van der Waals surface area contributed by atoms with Crippen LogP contribution in [0, 0.1) is 25.2 Å². The lowest BCUT2D eigenvalue weighted by atomic mass is 10.2. The quantitative estimate of drug-likeness (QED) is 0.567. The minimum atomic E-state index is -0.671. The van der Waals surface area contributed by atoms with Crippen molar-refractivity contribution in [2.45, 2.75) is 26.7 Å². The number of rotatable bonds is 6. The van der Waals surface area contributed by atoms with Gasteiger partial charge in [-0.25, -0.2) is 4.79 Å². The molecule has 2 amide bonds. The maximum absolute atomic E-state index is 12.7. The van der Waals surface area contributed by atoms with Crippen molar-refractivity contribution in [3.05, 3.63) is 77.0 Å². The SMILES string of the molecule is Cc1c(C#N)c(NC(=O)COC(=O)c2cccc(N3CCCC3=O)c2)n(-c2ccccc2)c1C. The third kappa shape index (κ3) is 4.41. The van der Waals surface area contributed by atoms with Gasteiger partial charge < -0.3 is 15.0 Å². The maximum atomic E-state index is 12.7. The average Bonchev–Trinajstić information content (AvgIpc) is 3.38. The molecule has 1 saturated heterocycles. The van der Waals surface area contributed by atoms with Crippen molar-refractivity contribution in [2.24, 2.45) is 0 Å². The van der Waals surface area contributed by atoms with Crippen molar-refractivity contribution < 1.29 is 19.1 Å². The van der Waals surface area contributed by atoms with Gasteiger partial charge in [0, 0.05) is 30.0 Å². The second kappa shape index (κ2) is 9.63. The van der Waals surface area contributed by atoms with E-state index in [4.69, 9.17) is 4.74 Å². The van der Waals surface area contributed by atoms with Crippen LogP contribution in [0.3, 0.4) is 0 Å². The Hall–Kier alpha value is -4.38. The summed E-state index contributed by atoms with van der Waals surface area (Å²) in [5, 5.41) is 12.4. The van der Waals surface area contributed by atoms with Crippen LogP contribution >= 0.6 is 0 Å². The number of nitrogens with one attached hydrogen (secondary N) is 1. The molecule has 1 aliphatic rings. The fourth-order valence-corrected chi connectivity index (χ4v) is 4.07. The Morgan fingerprint density at radius 1 is 1.09 bits per heavy atom. The third-order valence-corrected chi connectivity index (χ3v) is 5.90. The van der Waals surface area contributed by atoms with Crippen LogP contribution in [-0.2, 0) is 14.3 Å². The lowest BCUT2D eigenvalue weighted by Gasteiger charge is -2.16. The standard InChI is InChI=1S/C26H24N4O4/c1-17-18(2)30(20-9-4-3-5-10-20)25(22(17)15-27)28-23(31)16-34-26(33)19-8-6-11-21(14-19)29-13-7-12-24(29)32/h3-6,8-11,14H,7,12-13,16H2,1-2H3,(H,28,31). The highest BCUT2D eigenvalue weighted by molar-refractivity contribution is 5.99. The molecule has 2 heterocycles. The Morgan fingerprint density at radius 2 is 1.82 bits per heavy atom. The predicted molar refractivity (Wildman–Crippen MR) is 127 cm³/mol. The van der Waals surface area contributed by atoms with E-state index < -0.39 is 18.5 Å². The van der Waals surface area contributed by atoms with Crippen LogP contribution in [0.5, 0.6) is 0 Å². The summed E-state index contributed by atoms with van der Waals surface area (Å²) in [6.07, 6.45) is 1.27. The van der Waals surface area contributed by atoms with Crippen LogP contribution in [0.15, 0.2) is 54.6 Å². The van der Waals surface area contributed by atoms with Crippen molar-refractivity contribution in [1.82, 2.24) is 4.57 Å². The van der Waals surface area contributed by atoms with E-state index in [1.165, 1.54) is 0 Å². The molecule has 1 fully saturated rings. The first-order valence-electron chi connectivity index (χ1n) is 11.0. The van der Waals surface area contributed by atoms with Crippen molar-refractivity contribution in [3.8, 4) is 11.8 Å². The number of benzene rings is 2. The lowest BCUT2D eigenvalue weighted by Crippen LogP contribution is -2.24. The van der Waals surface area contributed by atoms with E-state index in [2.05, 4.69) is 11.4 Å². The van der Waals surface area contributed by atoms with Crippen molar-refractivity contribution in [1.29, 1.82) is 5.26 Å². The van der Waals surface area contributed by atoms with Gasteiger partial charge in [0.15, 0.2) is 6.61 Å². The Morgan fingerprint density at radius 3 is 2.50 bits per heavy atom. The largest absolute Gasteiger partial charge is 0.452 e. The molecule has 1 aliphatic heterocycles. The Balaban J connectivity index is 1.48. The normalized spacial score (nSPS) is 13.0. The molecule has 1 aromatic heterocycles. The molecule has 8 nitrogen and oxygen atoms in total. The first-order valence-corrected chi connectivity index (χ1v) is 11.0. The second-order valence-corrected chi connectivity index (χ2v) is 8.04. The number of esters is 1. The second-order valence-electron chi connectivity index (χ2n) is 8.04.